The predicted octanol–water partition coefficient (Wildman–Crippen LogP) is 3.75. The van der Waals surface area contributed by atoms with Crippen LogP contribution in [0.4, 0.5) is 5.69 Å². The highest BCUT2D eigenvalue weighted by Crippen LogP contribution is 2.09. The zero-order chi connectivity index (χ0) is 12.1. The highest BCUT2D eigenvalue weighted by molar-refractivity contribution is 5.82. The molecule has 0 aliphatic heterocycles. The third-order valence-corrected chi connectivity index (χ3v) is 2.64. The van der Waals surface area contributed by atoms with Crippen molar-refractivity contribution in [3.63, 3.8) is 0 Å². The lowest BCUT2D eigenvalue weighted by atomic mass is 10.1. The number of anilines is 1. The number of hydrogen-bond acceptors (Lipinski definition) is 2. The van der Waals surface area contributed by atoms with Gasteiger partial charge in [0.15, 0.2) is 0 Å². The van der Waals surface area contributed by atoms with Crippen LogP contribution in [-0.4, -0.2) is 6.21 Å². The highest BCUT2D eigenvalue weighted by Gasteiger charge is 1.92. The van der Waals surface area contributed by atoms with E-state index in [1.807, 2.05) is 30.5 Å². The zero-order valence-electron chi connectivity index (χ0n) is 10.1. The summed E-state index contributed by atoms with van der Waals surface area (Å²) in [5, 5.41) is 4.23. The summed E-state index contributed by atoms with van der Waals surface area (Å²) in [6, 6.07) is 16.3. The molecule has 0 heterocycles. The lowest BCUT2D eigenvalue weighted by molar-refractivity contribution is 1.33. The van der Waals surface area contributed by atoms with E-state index in [2.05, 4.69) is 48.6 Å². The van der Waals surface area contributed by atoms with Gasteiger partial charge in [0.1, 0.15) is 0 Å². The van der Waals surface area contributed by atoms with Gasteiger partial charge in [-0.3, -0.25) is 5.43 Å². The van der Waals surface area contributed by atoms with Crippen LogP contribution in [0.2, 0.25) is 0 Å². The van der Waals surface area contributed by atoms with Crippen molar-refractivity contribution in [1.82, 2.24) is 0 Å². The number of hydrazone groups is 1. The summed E-state index contributed by atoms with van der Waals surface area (Å²) in [6.45, 7) is 4.15. The number of nitrogens with one attached hydrogen (secondary N) is 1. The molecule has 0 aliphatic rings. The van der Waals surface area contributed by atoms with E-state index in [1.165, 1.54) is 11.1 Å². The van der Waals surface area contributed by atoms with Crippen molar-refractivity contribution >= 4 is 11.9 Å². The van der Waals surface area contributed by atoms with Gasteiger partial charge in [0.2, 0.25) is 0 Å². The molecule has 86 valence electrons. The quantitative estimate of drug-likeness (QED) is 0.623. The number of benzene rings is 2. The summed E-state index contributed by atoms with van der Waals surface area (Å²) in [5.41, 5.74) is 7.62. The van der Waals surface area contributed by atoms with Crippen LogP contribution < -0.4 is 5.43 Å². The summed E-state index contributed by atoms with van der Waals surface area (Å²) < 4.78 is 0. The first-order valence-corrected chi connectivity index (χ1v) is 5.67. The molecule has 2 rings (SSSR count). The number of hydrogen-bond donors (Lipinski definition) is 1. The summed E-state index contributed by atoms with van der Waals surface area (Å²) in [4.78, 5) is 0. The van der Waals surface area contributed by atoms with Crippen molar-refractivity contribution in [1.29, 1.82) is 0 Å². The van der Waals surface area contributed by atoms with Crippen molar-refractivity contribution in [2.24, 2.45) is 5.10 Å². The molecule has 0 saturated heterocycles. The summed E-state index contributed by atoms with van der Waals surface area (Å²) in [7, 11) is 0. The van der Waals surface area contributed by atoms with Gasteiger partial charge in [-0.05, 0) is 37.1 Å². The van der Waals surface area contributed by atoms with Crippen LogP contribution in [0.25, 0.3) is 0 Å². The Morgan fingerprint density at radius 2 is 1.65 bits per heavy atom. The van der Waals surface area contributed by atoms with E-state index in [4.69, 9.17) is 0 Å². The molecule has 0 aromatic heterocycles. The first-order chi connectivity index (χ1) is 8.25. The fraction of sp³-hybridized carbons (Fsp3) is 0.133. The van der Waals surface area contributed by atoms with E-state index in [-0.39, 0.29) is 0 Å². The molecule has 0 unspecified atom stereocenters. The standard InChI is InChI=1S/C15H16N2/c1-12-7-9-15(10-8-12)17-16-11-14-6-4-3-5-13(14)2/h3-11,17H,1-2H3/b16-11-. The van der Waals surface area contributed by atoms with Crippen LogP contribution in [-0.2, 0) is 0 Å². The Morgan fingerprint density at radius 3 is 2.35 bits per heavy atom. The molecule has 0 fully saturated rings. The second kappa shape index (κ2) is 5.30. The van der Waals surface area contributed by atoms with Gasteiger partial charge in [-0.1, -0.05) is 42.0 Å². The van der Waals surface area contributed by atoms with Crippen molar-refractivity contribution in [2.75, 3.05) is 5.43 Å². The molecule has 0 atom stereocenters. The van der Waals surface area contributed by atoms with E-state index >= 15 is 0 Å². The molecular formula is C15H16N2. The smallest absolute Gasteiger partial charge is 0.0561 e. The molecule has 2 aromatic carbocycles. The molecule has 0 radical (unpaired) electrons. The van der Waals surface area contributed by atoms with Crippen LogP contribution in [0, 0.1) is 13.8 Å². The van der Waals surface area contributed by atoms with Gasteiger partial charge in [0.25, 0.3) is 0 Å². The molecule has 2 aromatic rings. The molecule has 0 aliphatic carbocycles. The highest BCUT2D eigenvalue weighted by atomic mass is 15.3. The summed E-state index contributed by atoms with van der Waals surface area (Å²) in [5.74, 6) is 0. The van der Waals surface area contributed by atoms with Crippen molar-refractivity contribution < 1.29 is 0 Å². The lowest BCUT2D eigenvalue weighted by Crippen LogP contribution is -1.92. The Bertz CT molecular complexity index is 513. The van der Waals surface area contributed by atoms with Crippen molar-refractivity contribution in [3.8, 4) is 0 Å². The second-order valence-corrected chi connectivity index (χ2v) is 4.09. The van der Waals surface area contributed by atoms with Crippen LogP contribution in [0.3, 0.4) is 0 Å². The number of rotatable bonds is 3. The summed E-state index contributed by atoms with van der Waals surface area (Å²) in [6.07, 6.45) is 1.84. The maximum absolute atomic E-state index is 4.23. The van der Waals surface area contributed by atoms with Gasteiger partial charge in [-0.15, -0.1) is 0 Å². The van der Waals surface area contributed by atoms with E-state index in [0.29, 0.717) is 0 Å². The maximum Gasteiger partial charge on any atom is 0.0561 e. The van der Waals surface area contributed by atoms with Crippen molar-refractivity contribution in [3.05, 3.63) is 65.2 Å². The predicted molar refractivity (Wildman–Crippen MR) is 73.6 cm³/mol. The Hall–Kier alpha value is -2.09. The van der Waals surface area contributed by atoms with E-state index in [1.54, 1.807) is 0 Å². The SMILES string of the molecule is Cc1ccc(N/N=C\c2ccccc2C)cc1. The van der Waals surface area contributed by atoms with Gasteiger partial charge < -0.3 is 0 Å². The topological polar surface area (TPSA) is 24.4 Å². The molecule has 2 nitrogen and oxygen atoms in total. The largest absolute Gasteiger partial charge is 0.279 e. The first-order valence-electron chi connectivity index (χ1n) is 5.67. The minimum absolute atomic E-state index is 1.00. The monoisotopic (exact) mass is 224 g/mol. The fourth-order valence-corrected chi connectivity index (χ4v) is 1.54. The molecule has 17 heavy (non-hydrogen) atoms. The van der Waals surface area contributed by atoms with Crippen LogP contribution in [0.1, 0.15) is 16.7 Å². The Labute approximate surface area is 102 Å². The molecule has 2 heteroatoms. The molecule has 0 amide bonds. The van der Waals surface area contributed by atoms with Gasteiger partial charge >= 0.3 is 0 Å². The third-order valence-electron chi connectivity index (χ3n) is 2.64. The minimum atomic E-state index is 1.00. The molecule has 0 bridgehead atoms. The van der Waals surface area contributed by atoms with Crippen LogP contribution in [0.15, 0.2) is 53.6 Å². The molecule has 0 spiro atoms. The Kier molecular flexibility index (Phi) is 3.55. The van der Waals surface area contributed by atoms with Crippen LogP contribution >= 0.6 is 0 Å². The minimum Gasteiger partial charge on any atom is -0.279 e. The first kappa shape index (κ1) is 11.4. The number of nitrogens with zero attached hydrogens (tertiary/aromatic N) is 1. The summed E-state index contributed by atoms with van der Waals surface area (Å²) >= 11 is 0. The van der Waals surface area contributed by atoms with Crippen molar-refractivity contribution in [2.45, 2.75) is 13.8 Å². The van der Waals surface area contributed by atoms with Gasteiger partial charge in [-0.2, -0.15) is 5.10 Å². The molecule has 0 saturated carbocycles. The van der Waals surface area contributed by atoms with Gasteiger partial charge in [0.05, 0.1) is 11.9 Å². The fourth-order valence-electron chi connectivity index (χ4n) is 1.54. The normalized spacial score (nSPS) is 10.7. The van der Waals surface area contributed by atoms with E-state index < -0.39 is 0 Å². The Morgan fingerprint density at radius 1 is 0.941 bits per heavy atom. The van der Waals surface area contributed by atoms with E-state index in [0.717, 1.165) is 11.3 Å². The zero-order valence-corrected chi connectivity index (χ0v) is 10.1. The second-order valence-electron chi connectivity index (χ2n) is 4.09. The maximum atomic E-state index is 4.23. The number of aryl methyl sites for hydroxylation is 2. The average Bonchev–Trinajstić information content (AvgIpc) is 2.34. The van der Waals surface area contributed by atoms with Gasteiger partial charge in [0, 0.05) is 0 Å². The van der Waals surface area contributed by atoms with Gasteiger partial charge in [-0.25, -0.2) is 0 Å². The lowest BCUT2D eigenvalue weighted by Gasteiger charge is -2.01. The molecule has 1 N–H and O–H groups in total. The average molecular weight is 224 g/mol. The van der Waals surface area contributed by atoms with Crippen LogP contribution in [0.5, 0.6) is 0 Å². The Balaban J connectivity index is 2.03. The molecular weight excluding hydrogens is 208 g/mol. The third kappa shape index (κ3) is 3.18. The van der Waals surface area contributed by atoms with E-state index in [9.17, 15) is 0 Å².